The fourth-order valence-electron chi connectivity index (χ4n) is 2.94. The Morgan fingerprint density at radius 1 is 1.12 bits per heavy atom. The average molecular weight is 358 g/mol. The van der Waals surface area contributed by atoms with Crippen molar-refractivity contribution < 1.29 is 19.1 Å². The van der Waals surface area contributed by atoms with E-state index in [0.29, 0.717) is 30.3 Å². The molecule has 1 aromatic carbocycles. The summed E-state index contributed by atoms with van der Waals surface area (Å²) in [4.78, 5) is 34.8. The maximum absolute atomic E-state index is 12.1. The smallest absolute Gasteiger partial charge is 0.308 e. The molecule has 0 heterocycles. The second-order valence-corrected chi connectivity index (χ2v) is 6.43. The Balaban J connectivity index is 1.68. The number of allylic oxidation sites excluding steroid dienone is 1. The Bertz CT molecular complexity index is 664. The van der Waals surface area contributed by atoms with Crippen molar-refractivity contribution in [2.75, 3.05) is 13.1 Å². The van der Waals surface area contributed by atoms with E-state index < -0.39 is 5.97 Å². The molecule has 0 aromatic heterocycles. The van der Waals surface area contributed by atoms with Crippen LogP contribution < -0.4 is 15.4 Å². The lowest BCUT2D eigenvalue weighted by atomic mass is 9.89. The molecule has 140 valence electrons. The van der Waals surface area contributed by atoms with Crippen molar-refractivity contribution in [3.63, 3.8) is 0 Å². The van der Waals surface area contributed by atoms with Gasteiger partial charge in [0.1, 0.15) is 5.75 Å². The van der Waals surface area contributed by atoms with Gasteiger partial charge in [0.2, 0.25) is 5.91 Å². The summed E-state index contributed by atoms with van der Waals surface area (Å²) in [6, 6.07) is 6.39. The van der Waals surface area contributed by atoms with Crippen LogP contribution in [0, 0.1) is 5.92 Å². The molecule has 0 aliphatic heterocycles. The number of nitrogens with one attached hydrogen (secondary N) is 2. The number of benzene rings is 1. The molecule has 1 saturated carbocycles. The normalized spacial score (nSPS) is 14.8. The molecule has 0 saturated heterocycles. The van der Waals surface area contributed by atoms with E-state index in [2.05, 4.69) is 10.6 Å². The van der Waals surface area contributed by atoms with E-state index in [0.717, 1.165) is 12.8 Å². The number of esters is 1. The molecule has 2 amide bonds. The van der Waals surface area contributed by atoms with Crippen LogP contribution in [0.2, 0.25) is 0 Å². The molecular weight excluding hydrogens is 332 g/mol. The number of carbonyl (C=O) groups is 3. The van der Waals surface area contributed by atoms with E-state index in [1.807, 2.05) is 6.08 Å². The Labute approximate surface area is 154 Å². The third-order valence-electron chi connectivity index (χ3n) is 4.24. The van der Waals surface area contributed by atoms with Crippen LogP contribution >= 0.6 is 0 Å². The summed E-state index contributed by atoms with van der Waals surface area (Å²) < 4.78 is 4.96. The van der Waals surface area contributed by atoms with Gasteiger partial charge in [-0.15, -0.1) is 0 Å². The molecular formula is C20H26N2O4. The van der Waals surface area contributed by atoms with E-state index in [4.69, 9.17) is 4.74 Å². The Kier molecular flexibility index (Phi) is 7.86. The Morgan fingerprint density at radius 2 is 1.85 bits per heavy atom. The van der Waals surface area contributed by atoms with Gasteiger partial charge in [-0.25, -0.2) is 0 Å². The zero-order chi connectivity index (χ0) is 18.8. The fraction of sp³-hybridized carbons (Fsp3) is 0.450. The van der Waals surface area contributed by atoms with E-state index in [-0.39, 0.29) is 11.8 Å². The summed E-state index contributed by atoms with van der Waals surface area (Å²) in [7, 11) is 0. The third kappa shape index (κ3) is 7.09. The monoisotopic (exact) mass is 358 g/mol. The molecule has 0 atom stereocenters. The minimum Gasteiger partial charge on any atom is -0.427 e. The highest BCUT2D eigenvalue weighted by Gasteiger charge is 2.10. The number of rotatable bonds is 7. The van der Waals surface area contributed by atoms with E-state index >= 15 is 0 Å². The van der Waals surface area contributed by atoms with Gasteiger partial charge in [0.15, 0.2) is 0 Å². The second-order valence-electron chi connectivity index (χ2n) is 6.43. The van der Waals surface area contributed by atoms with Crippen LogP contribution in [0.15, 0.2) is 36.4 Å². The second kappa shape index (κ2) is 10.4. The molecule has 1 aliphatic carbocycles. The largest absolute Gasteiger partial charge is 0.427 e. The average Bonchev–Trinajstić information content (AvgIpc) is 2.64. The van der Waals surface area contributed by atoms with Crippen molar-refractivity contribution in [2.24, 2.45) is 5.92 Å². The highest BCUT2D eigenvalue weighted by Crippen LogP contribution is 2.24. The van der Waals surface area contributed by atoms with Crippen molar-refractivity contribution in [2.45, 2.75) is 39.0 Å². The highest BCUT2D eigenvalue weighted by molar-refractivity contribution is 5.94. The van der Waals surface area contributed by atoms with Crippen LogP contribution in [0.4, 0.5) is 0 Å². The van der Waals surface area contributed by atoms with E-state index in [1.54, 1.807) is 24.3 Å². The summed E-state index contributed by atoms with van der Waals surface area (Å²) in [5, 5.41) is 5.48. The molecule has 2 N–H and O–H groups in total. The summed E-state index contributed by atoms with van der Waals surface area (Å²) >= 11 is 0. The maximum Gasteiger partial charge on any atom is 0.308 e. The van der Waals surface area contributed by atoms with Crippen molar-refractivity contribution in [3.05, 3.63) is 42.0 Å². The molecule has 6 heteroatoms. The molecule has 1 aromatic rings. The summed E-state index contributed by atoms with van der Waals surface area (Å²) in [5.41, 5.74) is 0.396. The first-order valence-corrected chi connectivity index (χ1v) is 9.07. The van der Waals surface area contributed by atoms with Crippen LogP contribution in [-0.2, 0) is 9.59 Å². The SMILES string of the molecule is CC(=O)Oc1cccc(C(=O)NCCNC(=O)/C=C/C2CCCCC2)c1. The van der Waals surface area contributed by atoms with Crippen molar-refractivity contribution in [1.82, 2.24) is 10.6 Å². The number of amides is 2. The molecule has 0 unspecified atom stereocenters. The number of hydrogen-bond donors (Lipinski definition) is 2. The molecule has 26 heavy (non-hydrogen) atoms. The lowest BCUT2D eigenvalue weighted by molar-refractivity contribution is -0.131. The molecule has 6 nitrogen and oxygen atoms in total. The van der Waals surface area contributed by atoms with Gasteiger partial charge in [0, 0.05) is 25.6 Å². The third-order valence-corrected chi connectivity index (χ3v) is 4.24. The molecule has 0 spiro atoms. The van der Waals surface area contributed by atoms with E-state index in [9.17, 15) is 14.4 Å². The Morgan fingerprint density at radius 3 is 2.58 bits per heavy atom. The first-order chi connectivity index (χ1) is 12.5. The lowest BCUT2D eigenvalue weighted by Crippen LogP contribution is -2.34. The van der Waals surface area contributed by atoms with Crippen molar-refractivity contribution >= 4 is 17.8 Å². The molecule has 1 aliphatic rings. The van der Waals surface area contributed by atoms with Crippen LogP contribution in [0.25, 0.3) is 0 Å². The van der Waals surface area contributed by atoms with Crippen LogP contribution in [-0.4, -0.2) is 30.9 Å². The highest BCUT2D eigenvalue weighted by atomic mass is 16.5. The summed E-state index contributed by atoms with van der Waals surface area (Å²) in [5.74, 6) is -0.0239. The number of ether oxygens (including phenoxy) is 1. The number of hydrogen-bond acceptors (Lipinski definition) is 4. The summed E-state index contributed by atoms with van der Waals surface area (Å²) in [6.07, 6.45) is 9.68. The number of carbonyl (C=O) groups excluding carboxylic acids is 3. The first-order valence-electron chi connectivity index (χ1n) is 9.07. The van der Waals surface area contributed by atoms with Gasteiger partial charge in [-0.2, -0.15) is 0 Å². The van der Waals surface area contributed by atoms with Crippen molar-refractivity contribution in [3.8, 4) is 5.75 Å². The van der Waals surface area contributed by atoms with Gasteiger partial charge in [-0.3, -0.25) is 14.4 Å². The standard InChI is InChI=1S/C20H26N2O4/c1-15(23)26-18-9-5-8-17(14-18)20(25)22-13-12-21-19(24)11-10-16-6-3-2-4-7-16/h5,8-11,14,16H,2-4,6-7,12-13H2,1H3,(H,21,24)(H,22,25)/b11-10+. The molecule has 1 fully saturated rings. The predicted octanol–water partition coefficient (Wildman–Crippen LogP) is 2.59. The van der Waals surface area contributed by atoms with Gasteiger partial charge in [0.05, 0.1) is 0 Å². The van der Waals surface area contributed by atoms with Gasteiger partial charge in [-0.1, -0.05) is 31.4 Å². The zero-order valence-corrected chi connectivity index (χ0v) is 15.1. The maximum atomic E-state index is 12.1. The fourth-order valence-corrected chi connectivity index (χ4v) is 2.94. The van der Waals surface area contributed by atoms with E-state index in [1.165, 1.54) is 32.3 Å². The van der Waals surface area contributed by atoms with Crippen LogP contribution in [0.5, 0.6) is 5.75 Å². The molecule has 0 radical (unpaired) electrons. The minimum absolute atomic E-state index is 0.137. The first kappa shape index (κ1) is 19.7. The van der Waals surface area contributed by atoms with Crippen LogP contribution in [0.1, 0.15) is 49.4 Å². The van der Waals surface area contributed by atoms with Gasteiger partial charge in [-0.05, 0) is 43.0 Å². The predicted molar refractivity (Wildman–Crippen MR) is 98.8 cm³/mol. The van der Waals surface area contributed by atoms with Crippen LogP contribution in [0.3, 0.4) is 0 Å². The zero-order valence-electron chi connectivity index (χ0n) is 15.1. The van der Waals surface area contributed by atoms with Gasteiger partial charge < -0.3 is 15.4 Å². The Hall–Kier alpha value is -2.63. The quantitative estimate of drug-likeness (QED) is 0.340. The lowest BCUT2D eigenvalue weighted by Gasteiger charge is -2.17. The van der Waals surface area contributed by atoms with Gasteiger partial charge in [0.25, 0.3) is 5.91 Å². The molecule has 0 bridgehead atoms. The minimum atomic E-state index is -0.438. The molecule has 2 rings (SSSR count). The summed E-state index contributed by atoms with van der Waals surface area (Å²) in [6.45, 7) is 1.97. The van der Waals surface area contributed by atoms with Crippen molar-refractivity contribution in [1.29, 1.82) is 0 Å². The topological polar surface area (TPSA) is 84.5 Å². The van der Waals surface area contributed by atoms with Gasteiger partial charge >= 0.3 is 5.97 Å².